The molecule has 3 aliphatic rings. The first-order chi connectivity index (χ1) is 31.2. The minimum Gasteiger partial charge on any atom is -0.310 e. The van der Waals surface area contributed by atoms with Crippen LogP contribution in [0.25, 0.3) is 75.8 Å². The van der Waals surface area contributed by atoms with Crippen molar-refractivity contribution in [2.45, 2.75) is 31.1 Å². The summed E-state index contributed by atoms with van der Waals surface area (Å²) in [5, 5.41) is 2.67. The van der Waals surface area contributed by atoms with E-state index in [0.717, 1.165) is 11.6 Å². The van der Waals surface area contributed by atoms with Gasteiger partial charge in [-0.1, -0.05) is 176 Å². The Kier molecular flexibility index (Phi) is 8.46. The van der Waals surface area contributed by atoms with E-state index in [9.17, 15) is 0 Å². The molecule has 9 aromatic carbocycles. The molecule has 2 bridgehead atoms. The number of hydrogen-bond acceptors (Lipinski definition) is 2. The molecule has 13 rings (SSSR count). The molecule has 1 heterocycles. The summed E-state index contributed by atoms with van der Waals surface area (Å²) in [6.45, 7) is 0. The van der Waals surface area contributed by atoms with E-state index in [1.54, 1.807) is 5.56 Å². The molecule has 63 heavy (non-hydrogen) atoms. The molecule has 3 unspecified atom stereocenters. The number of nitrogens with zero attached hydrogens (tertiary/aromatic N) is 1. The molecule has 0 amide bonds. The summed E-state index contributed by atoms with van der Waals surface area (Å²) in [6, 6.07) is 79.5. The van der Waals surface area contributed by atoms with Crippen LogP contribution >= 0.6 is 11.3 Å². The van der Waals surface area contributed by atoms with E-state index < -0.39 is 0 Å². The predicted octanol–water partition coefficient (Wildman–Crippen LogP) is 17.3. The largest absolute Gasteiger partial charge is 0.310 e. The van der Waals surface area contributed by atoms with Gasteiger partial charge in [-0.25, -0.2) is 0 Å². The minimum absolute atomic E-state index is 0.0822. The van der Waals surface area contributed by atoms with Crippen molar-refractivity contribution in [3.05, 3.63) is 223 Å². The molecule has 2 saturated carbocycles. The third-order valence-electron chi connectivity index (χ3n) is 14.8. The highest BCUT2D eigenvalue weighted by Gasteiger charge is 2.56. The summed E-state index contributed by atoms with van der Waals surface area (Å²) in [6.07, 6.45) is 5.30. The van der Waals surface area contributed by atoms with Crippen LogP contribution in [0.1, 0.15) is 36.8 Å². The fourth-order valence-corrected chi connectivity index (χ4v) is 13.2. The van der Waals surface area contributed by atoms with E-state index in [1.165, 1.54) is 118 Å². The first-order valence-corrected chi connectivity index (χ1v) is 23.4. The average molecular weight is 824 g/mol. The van der Waals surface area contributed by atoms with Crippen LogP contribution in [0.15, 0.2) is 212 Å². The summed E-state index contributed by atoms with van der Waals surface area (Å²) >= 11 is 1.88. The maximum Gasteiger partial charge on any atom is 0.0540 e. The molecule has 1 nitrogen and oxygen atoms in total. The Morgan fingerprint density at radius 1 is 0.397 bits per heavy atom. The Morgan fingerprint density at radius 3 is 1.78 bits per heavy atom. The SMILES string of the molecule is c1ccc(-c2ccccc2-c2ccccc2-c2ccccc2N(c2ccc(-c3ccc4c(c3)sc3ccccc34)cc2)c2ccc3c(c2)C2(CC4CCC2C4)c2ccccc2-3)cc1. The van der Waals surface area contributed by atoms with Gasteiger partial charge >= 0.3 is 0 Å². The Morgan fingerprint density at radius 2 is 1.00 bits per heavy atom. The number of rotatable bonds is 7. The van der Waals surface area contributed by atoms with Crippen LogP contribution in [0.2, 0.25) is 0 Å². The van der Waals surface area contributed by atoms with Crippen molar-refractivity contribution in [3.8, 4) is 55.6 Å². The van der Waals surface area contributed by atoms with Gasteiger partial charge < -0.3 is 4.90 Å². The number of benzene rings is 9. The molecule has 0 saturated heterocycles. The normalized spacial score (nSPS) is 18.3. The van der Waals surface area contributed by atoms with E-state index in [2.05, 4.69) is 217 Å². The highest BCUT2D eigenvalue weighted by molar-refractivity contribution is 7.25. The molecule has 3 atom stereocenters. The summed E-state index contributed by atoms with van der Waals surface area (Å²) < 4.78 is 2.67. The molecule has 0 aliphatic heterocycles. The lowest BCUT2D eigenvalue weighted by Crippen LogP contribution is -2.32. The van der Waals surface area contributed by atoms with Gasteiger partial charge in [-0.3, -0.25) is 0 Å². The lowest BCUT2D eigenvalue weighted by atomic mass is 9.67. The van der Waals surface area contributed by atoms with Gasteiger partial charge in [0.2, 0.25) is 0 Å². The smallest absolute Gasteiger partial charge is 0.0540 e. The molecular weight excluding hydrogens is 779 g/mol. The monoisotopic (exact) mass is 823 g/mol. The Balaban J connectivity index is 0.988. The maximum atomic E-state index is 2.59. The van der Waals surface area contributed by atoms with Crippen LogP contribution in [0.4, 0.5) is 17.1 Å². The van der Waals surface area contributed by atoms with E-state index in [4.69, 9.17) is 0 Å². The van der Waals surface area contributed by atoms with E-state index in [-0.39, 0.29) is 5.41 Å². The van der Waals surface area contributed by atoms with Crippen molar-refractivity contribution in [1.82, 2.24) is 0 Å². The second kappa shape index (κ2) is 14.5. The highest BCUT2D eigenvalue weighted by Crippen LogP contribution is 2.66. The van der Waals surface area contributed by atoms with Gasteiger partial charge in [-0.15, -0.1) is 11.3 Å². The zero-order valence-corrected chi connectivity index (χ0v) is 35.9. The summed E-state index contributed by atoms with van der Waals surface area (Å²) in [7, 11) is 0. The molecule has 1 aromatic heterocycles. The molecule has 1 spiro atoms. The van der Waals surface area contributed by atoms with Crippen molar-refractivity contribution >= 4 is 48.6 Å². The Labute approximate surface area is 373 Å². The van der Waals surface area contributed by atoms with Crippen LogP contribution in [-0.4, -0.2) is 0 Å². The third kappa shape index (κ3) is 5.74. The van der Waals surface area contributed by atoms with Crippen molar-refractivity contribution < 1.29 is 0 Å². The van der Waals surface area contributed by atoms with Gasteiger partial charge in [0.05, 0.1) is 5.69 Å². The average Bonchev–Trinajstić information content (AvgIpc) is 4.14. The van der Waals surface area contributed by atoms with Crippen molar-refractivity contribution in [2.24, 2.45) is 11.8 Å². The van der Waals surface area contributed by atoms with Gasteiger partial charge in [0.15, 0.2) is 0 Å². The molecule has 10 aromatic rings. The summed E-state index contributed by atoms with van der Waals surface area (Å²) in [5.74, 6) is 1.50. The molecular formula is C61H45NS. The van der Waals surface area contributed by atoms with Crippen LogP contribution in [0, 0.1) is 11.8 Å². The first-order valence-electron chi connectivity index (χ1n) is 22.6. The number of para-hydroxylation sites is 1. The number of hydrogen-bond donors (Lipinski definition) is 0. The standard InChI is InChI=1S/C61H45NS/c1-2-14-42(15-3-1)47-16-4-5-17-48(47)49-18-6-7-19-50(49)53-21-9-12-24-58(53)62(45-31-27-41(28-32-45)43-29-34-55-54-22-10-13-25-59(54)63-60(55)37-43)46-33-35-52-51-20-8-11-23-56(51)61(57(52)38-46)39-40-26-30-44(61)36-40/h1-25,27-29,31-35,37-38,40,44H,26,30,36,39H2. The van der Waals surface area contributed by atoms with Crippen molar-refractivity contribution in [2.75, 3.05) is 4.90 Å². The third-order valence-corrected chi connectivity index (χ3v) is 15.9. The zero-order chi connectivity index (χ0) is 41.5. The van der Waals surface area contributed by atoms with Crippen molar-refractivity contribution in [3.63, 3.8) is 0 Å². The van der Waals surface area contributed by atoms with Gasteiger partial charge in [-0.2, -0.15) is 0 Å². The summed E-state index contributed by atoms with van der Waals surface area (Å²) in [4.78, 5) is 2.54. The number of fused-ring (bicyclic) bond motifs is 11. The van der Waals surface area contributed by atoms with E-state index >= 15 is 0 Å². The fourth-order valence-electron chi connectivity index (χ4n) is 12.1. The van der Waals surface area contributed by atoms with Crippen LogP contribution in [0.3, 0.4) is 0 Å². The second-order valence-electron chi connectivity index (χ2n) is 18.0. The molecule has 0 radical (unpaired) electrons. The topological polar surface area (TPSA) is 3.24 Å². The summed E-state index contributed by atoms with van der Waals surface area (Å²) in [5.41, 5.74) is 19.3. The minimum atomic E-state index is 0.0822. The highest BCUT2D eigenvalue weighted by atomic mass is 32.1. The van der Waals surface area contributed by atoms with E-state index in [1.807, 2.05) is 11.3 Å². The number of thiophene rings is 1. The van der Waals surface area contributed by atoms with Gasteiger partial charge in [0, 0.05) is 42.5 Å². The first kappa shape index (κ1) is 36.6. The van der Waals surface area contributed by atoms with Gasteiger partial charge in [0.1, 0.15) is 0 Å². The lowest BCUT2D eigenvalue weighted by molar-refractivity contribution is 0.327. The van der Waals surface area contributed by atoms with E-state index in [0.29, 0.717) is 5.92 Å². The molecule has 0 N–H and O–H groups in total. The second-order valence-corrected chi connectivity index (χ2v) is 19.1. The van der Waals surface area contributed by atoms with Gasteiger partial charge in [-0.05, 0) is 135 Å². The van der Waals surface area contributed by atoms with Crippen molar-refractivity contribution in [1.29, 1.82) is 0 Å². The maximum absolute atomic E-state index is 2.59. The Bertz CT molecular complexity index is 3380. The molecule has 300 valence electrons. The van der Waals surface area contributed by atoms with Gasteiger partial charge in [0.25, 0.3) is 0 Å². The van der Waals surface area contributed by atoms with Crippen LogP contribution in [-0.2, 0) is 5.41 Å². The predicted molar refractivity (Wildman–Crippen MR) is 267 cm³/mol. The Hall–Kier alpha value is -7.00. The zero-order valence-electron chi connectivity index (χ0n) is 35.0. The quantitative estimate of drug-likeness (QED) is 0.155. The van der Waals surface area contributed by atoms with Crippen LogP contribution in [0.5, 0.6) is 0 Å². The van der Waals surface area contributed by atoms with Crippen LogP contribution < -0.4 is 4.90 Å². The number of anilines is 3. The molecule has 2 fully saturated rings. The molecule has 3 aliphatic carbocycles. The lowest BCUT2D eigenvalue weighted by Gasteiger charge is -2.37. The fraction of sp³-hybridized carbons (Fsp3) is 0.115. The molecule has 2 heteroatoms.